The van der Waals surface area contributed by atoms with Crippen molar-refractivity contribution in [1.82, 2.24) is 0 Å². The standard InChI is InChI=1S/C16H22/c1-10(2)16-14-8-4-6-12(14)11(3)13-7-5-9-15(13)16/h10H,4-9H2,1-3H3. The van der Waals surface area contributed by atoms with Crippen LogP contribution in [0, 0.1) is 6.92 Å². The van der Waals surface area contributed by atoms with Gasteiger partial charge in [0.05, 0.1) is 0 Å². The Morgan fingerprint density at radius 1 is 0.750 bits per heavy atom. The Morgan fingerprint density at radius 3 is 1.62 bits per heavy atom. The summed E-state index contributed by atoms with van der Waals surface area (Å²) < 4.78 is 0. The molecular weight excluding hydrogens is 192 g/mol. The van der Waals surface area contributed by atoms with Gasteiger partial charge < -0.3 is 0 Å². The first kappa shape index (κ1) is 10.4. The van der Waals surface area contributed by atoms with Crippen molar-refractivity contribution in [2.75, 3.05) is 0 Å². The third kappa shape index (κ3) is 1.28. The third-order valence-corrected chi connectivity index (χ3v) is 4.57. The number of rotatable bonds is 1. The van der Waals surface area contributed by atoms with Gasteiger partial charge in [0.15, 0.2) is 0 Å². The Morgan fingerprint density at radius 2 is 1.19 bits per heavy atom. The lowest BCUT2D eigenvalue weighted by atomic mass is 9.85. The number of benzene rings is 1. The van der Waals surface area contributed by atoms with Crippen LogP contribution in [0.25, 0.3) is 0 Å². The second kappa shape index (κ2) is 3.61. The fraction of sp³-hybridized carbons (Fsp3) is 0.625. The molecule has 0 radical (unpaired) electrons. The highest BCUT2D eigenvalue weighted by atomic mass is 14.3. The Balaban J connectivity index is 2.31. The molecule has 0 heterocycles. The van der Waals surface area contributed by atoms with E-state index in [1.807, 2.05) is 0 Å². The summed E-state index contributed by atoms with van der Waals surface area (Å²) in [6.07, 6.45) is 8.15. The zero-order chi connectivity index (χ0) is 11.3. The van der Waals surface area contributed by atoms with Crippen molar-refractivity contribution in [3.05, 3.63) is 33.4 Å². The second-order valence-electron chi connectivity index (χ2n) is 5.81. The largest absolute Gasteiger partial charge is 0.0587 e. The quantitative estimate of drug-likeness (QED) is 0.660. The summed E-state index contributed by atoms with van der Waals surface area (Å²) in [4.78, 5) is 0. The van der Waals surface area contributed by atoms with Crippen LogP contribution in [0.2, 0.25) is 0 Å². The molecule has 0 saturated carbocycles. The lowest BCUT2D eigenvalue weighted by Crippen LogP contribution is -2.05. The topological polar surface area (TPSA) is 0 Å². The van der Waals surface area contributed by atoms with E-state index in [0.717, 1.165) is 5.92 Å². The maximum atomic E-state index is 2.38. The first-order valence-corrected chi connectivity index (χ1v) is 6.86. The summed E-state index contributed by atoms with van der Waals surface area (Å²) in [6.45, 7) is 7.13. The van der Waals surface area contributed by atoms with Crippen molar-refractivity contribution in [3.8, 4) is 0 Å². The number of fused-ring (bicyclic) bond motifs is 2. The minimum absolute atomic E-state index is 0.722. The summed E-state index contributed by atoms with van der Waals surface area (Å²) in [6, 6.07) is 0. The van der Waals surface area contributed by atoms with Crippen LogP contribution in [0.15, 0.2) is 0 Å². The molecule has 0 amide bonds. The summed E-state index contributed by atoms with van der Waals surface area (Å²) >= 11 is 0. The van der Waals surface area contributed by atoms with E-state index in [1.165, 1.54) is 38.5 Å². The maximum Gasteiger partial charge on any atom is -0.0213 e. The van der Waals surface area contributed by atoms with Crippen LogP contribution in [0.3, 0.4) is 0 Å². The lowest BCUT2D eigenvalue weighted by Gasteiger charge is -2.20. The molecule has 0 atom stereocenters. The fourth-order valence-electron chi connectivity index (χ4n) is 3.97. The van der Waals surface area contributed by atoms with Crippen LogP contribution in [-0.2, 0) is 25.7 Å². The van der Waals surface area contributed by atoms with Crippen LogP contribution >= 0.6 is 0 Å². The molecule has 0 saturated heterocycles. The fourth-order valence-corrected chi connectivity index (χ4v) is 3.97. The highest BCUT2D eigenvalue weighted by molar-refractivity contribution is 5.56. The average Bonchev–Trinajstić information content (AvgIpc) is 2.84. The van der Waals surface area contributed by atoms with Crippen molar-refractivity contribution >= 4 is 0 Å². The van der Waals surface area contributed by atoms with E-state index in [-0.39, 0.29) is 0 Å². The van der Waals surface area contributed by atoms with Crippen molar-refractivity contribution in [3.63, 3.8) is 0 Å². The van der Waals surface area contributed by atoms with Crippen LogP contribution < -0.4 is 0 Å². The minimum atomic E-state index is 0.722. The third-order valence-electron chi connectivity index (χ3n) is 4.57. The highest BCUT2D eigenvalue weighted by Gasteiger charge is 2.27. The predicted octanol–water partition coefficient (Wildman–Crippen LogP) is 4.10. The SMILES string of the molecule is Cc1c2c(c(C(C)C)c3c1CCC3)CCC2. The molecule has 86 valence electrons. The van der Waals surface area contributed by atoms with Crippen LogP contribution in [0.1, 0.15) is 66.0 Å². The smallest absolute Gasteiger partial charge is 0.0213 e. The predicted molar refractivity (Wildman–Crippen MR) is 69.3 cm³/mol. The Bertz CT molecular complexity index is 403. The van der Waals surface area contributed by atoms with Crippen LogP contribution in [0.4, 0.5) is 0 Å². The van der Waals surface area contributed by atoms with Gasteiger partial charge in [0.2, 0.25) is 0 Å². The van der Waals surface area contributed by atoms with Crippen molar-refractivity contribution in [2.24, 2.45) is 0 Å². The molecule has 0 bridgehead atoms. The van der Waals surface area contributed by atoms with E-state index in [9.17, 15) is 0 Å². The molecule has 16 heavy (non-hydrogen) atoms. The normalized spacial score (nSPS) is 18.0. The van der Waals surface area contributed by atoms with Gasteiger partial charge in [-0.3, -0.25) is 0 Å². The summed E-state index contributed by atoms with van der Waals surface area (Å²) in [5.41, 5.74) is 10.3. The highest BCUT2D eigenvalue weighted by Crippen LogP contribution is 2.41. The first-order chi connectivity index (χ1) is 7.70. The van der Waals surface area contributed by atoms with Crippen molar-refractivity contribution in [2.45, 2.75) is 65.2 Å². The molecule has 0 fully saturated rings. The summed E-state index contributed by atoms with van der Waals surface area (Å²) in [7, 11) is 0. The van der Waals surface area contributed by atoms with Gasteiger partial charge in [-0.2, -0.15) is 0 Å². The number of hydrogen-bond acceptors (Lipinski definition) is 0. The molecule has 2 aliphatic rings. The number of hydrogen-bond donors (Lipinski definition) is 0. The molecule has 3 rings (SSSR count). The lowest BCUT2D eigenvalue weighted by molar-refractivity contribution is 0.816. The molecular formula is C16H22. The van der Waals surface area contributed by atoms with E-state index in [1.54, 1.807) is 33.4 Å². The second-order valence-corrected chi connectivity index (χ2v) is 5.81. The van der Waals surface area contributed by atoms with Gasteiger partial charge in [0, 0.05) is 0 Å². The van der Waals surface area contributed by atoms with Gasteiger partial charge in [-0.15, -0.1) is 0 Å². The van der Waals surface area contributed by atoms with Crippen LogP contribution in [-0.4, -0.2) is 0 Å². The van der Waals surface area contributed by atoms with Crippen molar-refractivity contribution in [1.29, 1.82) is 0 Å². The Labute approximate surface area is 99.1 Å². The minimum Gasteiger partial charge on any atom is -0.0587 e. The van der Waals surface area contributed by atoms with E-state index in [4.69, 9.17) is 0 Å². The van der Waals surface area contributed by atoms with Gasteiger partial charge in [-0.05, 0) is 84.7 Å². The molecule has 1 aromatic rings. The van der Waals surface area contributed by atoms with Gasteiger partial charge in [-0.25, -0.2) is 0 Å². The summed E-state index contributed by atoms with van der Waals surface area (Å²) in [5, 5.41) is 0. The molecule has 0 nitrogen and oxygen atoms in total. The summed E-state index contributed by atoms with van der Waals surface area (Å²) in [5.74, 6) is 0.722. The first-order valence-electron chi connectivity index (χ1n) is 6.86. The molecule has 0 unspecified atom stereocenters. The van der Waals surface area contributed by atoms with Gasteiger partial charge in [0.25, 0.3) is 0 Å². The van der Waals surface area contributed by atoms with Gasteiger partial charge in [-0.1, -0.05) is 13.8 Å². The molecule has 0 spiro atoms. The van der Waals surface area contributed by atoms with E-state index < -0.39 is 0 Å². The van der Waals surface area contributed by atoms with Crippen molar-refractivity contribution < 1.29 is 0 Å². The zero-order valence-corrected chi connectivity index (χ0v) is 10.8. The van der Waals surface area contributed by atoms with Gasteiger partial charge >= 0.3 is 0 Å². The van der Waals surface area contributed by atoms with E-state index in [0.29, 0.717) is 0 Å². The maximum absolute atomic E-state index is 2.38. The average molecular weight is 214 g/mol. The van der Waals surface area contributed by atoms with E-state index in [2.05, 4.69) is 20.8 Å². The monoisotopic (exact) mass is 214 g/mol. The zero-order valence-electron chi connectivity index (χ0n) is 10.8. The molecule has 2 aliphatic carbocycles. The molecule has 0 heteroatoms. The van der Waals surface area contributed by atoms with Crippen LogP contribution in [0.5, 0.6) is 0 Å². The molecule has 1 aromatic carbocycles. The van der Waals surface area contributed by atoms with Gasteiger partial charge in [0.1, 0.15) is 0 Å². The molecule has 0 aromatic heterocycles. The van der Waals surface area contributed by atoms with E-state index >= 15 is 0 Å². The molecule has 0 aliphatic heterocycles. The Hall–Kier alpha value is -0.780. The Kier molecular flexibility index (Phi) is 2.34. The molecule has 0 N–H and O–H groups in total.